The zero-order valence-corrected chi connectivity index (χ0v) is 15.2. The van der Waals surface area contributed by atoms with E-state index in [0.29, 0.717) is 5.56 Å². The van der Waals surface area contributed by atoms with Crippen molar-refractivity contribution in [1.82, 2.24) is 0 Å². The van der Waals surface area contributed by atoms with Gasteiger partial charge in [-0.3, -0.25) is 5.21 Å². The van der Waals surface area contributed by atoms with Crippen LogP contribution in [0.25, 0.3) is 11.1 Å². The number of rotatable bonds is 5. The van der Waals surface area contributed by atoms with E-state index in [9.17, 15) is 23.5 Å². The Balaban J connectivity index is 2.07. The quantitative estimate of drug-likeness (QED) is 0.651. The minimum atomic E-state index is -4.37. The van der Waals surface area contributed by atoms with Crippen LogP contribution in [0.2, 0.25) is 0 Å². The zero-order valence-electron chi connectivity index (χ0n) is 14.4. The lowest BCUT2D eigenvalue weighted by Gasteiger charge is -2.19. The molecular weight excluding hydrogens is 366 g/mol. The summed E-state index contributed by atoms with van der Waals surface area (Å²) >= 11 is 0. The van der Waals surface area contributed by atoms with Gasteiger partial charge in [0.05, 0.1) is 16.1 Å². The van der Waals surface area contributed by atoms with E-state index >= 15 is 0 Å². The Morgan fingerprint density at radius 2 is 1.59 bits per heavy atom. The molecule has 3 aromatic rings. The largest absolute Gasteiger partial charge is 0.478 e. The second-order valence-electron chi connectivity index (χ2n) is 5.91. The number of carboxylic acid groups (broad SMARTS) is 1. The molecule has 2 N–H and O–H groups in total. The molecule has 0 aromatic heterocycles. The lowest BCUT2D eigenvalue weighted by Crippen LogP contribution is -2.28. The second-order valence-corrected chi connectivity index (χ2v) is 7.68. The highest BCUT2D eigenvalue weighted by Gasteiger charge is 2.27. The number of anilines is 1. The van der Waals surface area contributed by atoms with Gasteiger partial charge in [0.1, 0.15) is 0 Å². The van der Waals surface area contributed by atoms with Crippen molar-refractivity contribution in [3.05, 3.63) is 83.9 Å². The Morgan fingerprint density at radius 1 is 0.926 bits per heavy atom. The molecule has 0 radical (unpaired) electrons. The van der Waals surface area contributed by atoms with Gasteiger partial charge < -0.3 is 5.11 Å². The third kappa shape index (κ3) is 3.55. The predicted molar refractivity (Wildman–Crippen MR) is 101 cm³/mol. The summed E-state index contributed by atoms with van der Waals surface area (Å²) in [6.45, 7) is 1.91. The molecule has 0 amide bonds. The molecular formula is C20H17NO5S. The Morgan fingerprint density at radius 3 is 2.30 bits per heavy atom. The van der Waals surface area contributed by atoms with E-state index < -0.39 is 16.0 Å². The summed E-state index contributed by atoms with van der Waals surface area (Å²) < 4.78 is 25.7. The molecule has 0 aliphatic carbocycles. The molecule has 0 saturated carbocycles. The van der Waals surface area contributed by atoms with E-state index in [4.69, 9.17) is 0 Å². The number of hydrogen-bond donors (Lipinski definition) is 2. The fourth-order valence-electron chi connectivity index (χ4n) is 2.77. The average Bonchev–Trinajstić information content (AvgIpc) is 2.67. The van der Waals surface area contributed by atoms with Gasteiger partial charge in [-0.15, -0.1) is 4.47 Å². The first kappa shape index (κ1) is 18.6. The van der Waals surface area contributed by atoms with Crippen LogP contribution < -0.4 is 4.47 Å². The number of para-hydroxylation sites is 1. The van der Waals surface area contributed by atoms with Crippen LogP contribution in [0.1, 0.15) is 15.9 Å². The summed E-state index contributed by atoms with van der Waals surface area (Å²) in [5.41, 5.74) is 1.87. The highest BCUT2D eigenvalue weighted by Crippen LogP contribution is 2.29. The standard InChI is InChI=1S/C20H17NO5S/c1-14-7-2-3-10-17(14)15-8-6-9-16(13-15)27(25,26)21(24)19-12-5-4-11-18(19)20(22)23/h2-13,24H,1H3,(H,22,23). The minimum absolute atomic E-state index is 0.00736. The summed E-state index contributed by atoms with van der Waals surface area (Å²) in [5, 5.41) is 19.6. The molecule has 0 aliphatic rings. The number of sulfonamides is 1. The number of benzene rings is 3. The van der Waals surface area contributed by atoms with Gasteiger partial charge in [-0.1, -0.05) is 48.5 Å². The van der Waals surface area contributed by atoms with Crippen LogP contribution in [0, 0.1) is 6.92 Å². The average molecular weight is 383 g/mol. The molecule has 3 rings (SSSR count). The fraction of sp³-hybridized carbons (Fsp3) is 0.0500. The van der Waals surface area contributed by atoms with E-state index in [-0.39, 0.29) is 20.6 Å². The third-order valence-electron chi connectivity index (χ3n) is 4.16. The normalized spacial score (nSPS) is 11.2. The van der Waals surface area contributed by atoms with Crippen molar-refractivity contribution in [2.24, 2.45) is 0 Å². The maximum atomic E-state index is 12.9. The molecule has 0 atom stereocenters. The van der Waals surface area contributed by atoms with Crippen LogP contribution in [0.5, 0.6) is 0 Å². The van der Waals surface area contributed by atoms with E-state index in [1.54, 1.807) is 12.1 Å². The molecule has 6 nitrogen and oxygen atoms in total. The molecule has 3 aromatic carbocycles. The number of hydrogen-bond acceptors (Lipinski definition) is 4. The van der Waals surface area contributed by atoms with Gasteiger partial charge in [0.15, 0.2) is 0 Å². The van der Waals surface area contributed by atoms with Crippen LogP contribution in [0.3, 0.4) is 0 Å². The van der Waals surface area contributed by atoms with Gasteiger partial charge in [0.25, 0.3) is 10.0 Å². The van der Waals surface area contributed by atoms with Crippen molar-refractivity contribution in [1.29, 1.82) is 0 Å². The highest BCUT2D eigenvalue weighted by atomic mass is 32.2. The Labute approximate surface area is 157 Å². The van der Waals surface area contributed by atoms with Gasteiger partial charge >= 0.3 is 5.97 Å². The monoisotopic (exact) mass is 383 g/mol. The Bertz CT molecular complexity index is 1110. The third-order valence-corrected chi connectivity index (χ3v) is 5.66. The molecule has 0 aliphatic heterocycles. The Kier molecular flexibility index (Phi) is 4.98. The number of nitrogens with zero attached hydrogens (tertiary/aromatic N) is 1. The molecule has 0 unspecified atom stereocenters. The van der Waals surface area contributed by atoms with Crippen molar-refractivity contribution < 1.29 is 23.5 Å². The molecule has 27 heavy (non-hydrogen) atoms. The molecule has 0 saturated heterocycles. The maximum Gasteiger partial charge on any atom is 0.337 e. The number of aromatic carboxylic acids is 1. The zero-order chi connectivity index (χ0) is 19.6. The summed E-state index contributed by atoms with van der Waals surface area (Å²) in [4.78, 5) is 11.2. The first-order valence-corrected chi connectivity index (χ1v) is 9.49. The minimum Gasteiger partial charge on any atom is -0.478 e. The van der Waals surface area contributed by atoms with Crippen LogP contribution in [-0.2, 0) is 10.0 Å². The maximum absolute atomic E-state index is 12.9. The van der Waals surface area contributed by atoms with E-state index in [1.807, 2.05) is 31.2 Å². The van der Waals surface area contributed by atoms with Crippen molar-refractivity contribution in [2.45, 2.75) is 11.8 Å². The van der Waals surface area contributed by atoms with Crippen LogP contribution in [0.15, 0.2) is 77.7 Å². The van der Waals surface area contributed by atoms with Gasteiger partial charge in [-0.05, 0) is 47.9 Å². The van der Waals surface area contributed by atoms with Crippen molar-refractivity contribution >= 4 is 21.7 Å². The summed E-state index contributed by atoms with van der Waals surface area (Å²) in [6, 6.07) is 19.0. The summed E-state index contributed by atoms with van der Waals surface area (Å²) in [5.74, 6) is -1.34. The van der Waals surface area contributed by atoms with E-state index in [2.05, 4.69) is 0 Å². The van der Waals surface area contributed by atoms with Crippen molar-refractivity contribution in [3.63, 3.8) is 0 Å². The first-order valence-electron chi connectivity index (χ1n) is 8.05. The SMILES string of the molecule is Cc1ccccc1-c1cccc(S(=O)(=O)N(O)c2ccccc2C(=O)O)c1. The van der Waals surface area contributed by atoms with Crippen molar-refractivity contribution in [3.8, 4) is 11.1 Å². The van der Waals surface area contributed by atoms with Gasteiger partial charge in [0, 0.05) is 0 Å². The predicted octanol–water partition coefficient (Wildman–Crippen LogP) is 3.94. The highest BCUT2D eigenvalue weighted by molar-refractivity contribution is 7.92. The lowest BCUT2D eigenvalue weighted by atomic mass is 10.0. The summed E-state index contributed by atoms with van der Waals surface area (Å²) in [7, 11) is -4.37. The molecule has 0 bridgehead atoms. The van der Waals surface area contributed by atoms with Crippen LogP contribution in [-0.4, -0.2) is 24.7 Å². The first-order chi connectivity index (χ1) is 12.8. The van der Waals surface area contributed by atoms with Gasteiger partial charge in [0.2, 0.25) is 0 Å². The molecule has 138 valence electrons. The second kappa shape index (κ2) is 7.22. The van der Waals surface area contributed by atoms with E-state index in [0.717, 1.165) is 11.1 Å². The number of carbonyl (C=O) groups is 1. The molecule has 7 heteroatoms. The molecule has 0 fully saturated rings. The van der Waals surface area contributed by atoms with Gasteiger partial charge in [-0.25, -0.2) is 4.79 Å². The Hall–Kier alpha value is -3.16. The smallest absolute Gasteiger partial charge is 0.337 e. The number of aryl methyl sites for hydroxylation is 1. The van der Waals surface area contributed by atoms with E-state index in [1.165, 1.54) is 36.4 Å². The molecule has 0 spiro atoms. The fourth-order valence-corrected chi connectivity index (χ4v) is 3.92. The van der Waals surface area contributed by atoms with Crippen molar-refractivity contribution in [2.75, 3.05) is 4.47 Å². The topological polar surface area (TPSA) is 94.9 Å². The summed E-state index contributed by atoms with van der Waals surface area (Å²) in [6.07, 6.45) is 0. The molecule has 0 heterocycles. The van der Waals surface area contributed by atoms with Crippen LogP contribution >= 0.6 is 0 Å². The van der Waals surface area contributed by atoms with Crippen LogP contribution in [0.4, 0.5) is 5.69 Å². The van der Waals surface area contributed by atoms with Gasteiger partial charge in [-0.2, -0.15) is 8.42 Å². The lowest BCUT2D eigenvalue weighted by molar-refractivity contribution is 0.0696. The number of carboxylic acids is 1.